The summed E-state index contributed by atoms with van der Waals surface area (Å²) in [6.07, 6.45) is 1.86. The maximum Gasteiger partial charge on any atom is 0.240 e. The van der Waals surface area contributed by atoms with Gasteiger partial charge in [-0.2, -0.15) is 0 Å². The van der Waals surface area contributed by atoms with Crippen LogP contribution < -0.4 is 9.46 Å². The highest BCUT2D eigenvalue weighted by atomic mass is 79.9. The molecule has 7 heteroatoms. The van der Waals surface area contributed by atoms with E-state index in [1.165, 1.54) is 19.2 Å². The highest BCUT2D eigenvalue weighted by Gasteiger charge is 2.21. The van der Waals surface area contributed by atoms with E-state index < -0.39 is 10.0 Å². The summed E-state index contributed by atoms with van der Waals surface area (Å²) in [6.45, 7) is 1.01. The van der Waals surface area contributed by atoms with Gasteiger partial charge in [-0.05, 0) is 40.9 Å². The number of methoxy groups -OCH3 is 1. The molecule has 0 radical (unpaired) electrons. The van der Waals surface area contributed by atoms with Gasteiger partial charge in [0.15, 0.2) is 0 Å². The Balaban J connectivity index is 2.10. The van der Waals surface area contributed by atoms with Crippen LogP contribution in [0.1, 0.15) is 12.8 Å². The number of rotatable bonds is 5. The summed E-state index contributed by atoms with van der Waals surface area (Å²) in [5, 5.41) is 0. The van der Waals surface area contributed by atoms with E-state index in [1.807, 2.05) is 0 Å². The summed E-state index contributed by atoms with van der Waals surface area (Å²) < 4.78 is 38.0. The van der Waals surface area contributed by atoms with Gasteiger partial charge in [-0.15, -0.1) is 0 Å². The Morgan fingerprint density at radius 1 is 1.53 bits per heavy atom. The average Bonchev–Trinajstić information content (AvgIpc) is 2.90. The van der Waals surface area contributed by atoms with E-state index in [4.69, 9.17) is 9.47 Å². The van der Waals surface area contributed by atoms with E-state index >= 15 is 0 Å². The van der Waals surface area contributed by atoms with Crippen LogP contribution in [0.25, 0.3) is 0 Å². The fourth-order valence-corrected chi connectivity index (χ4v) is 3.39. The van der Waals surface area contributed by atoms with Gasteiger partial charge in [-0.3, -0.25) is 0 Å². The second-order valence-electron chi connectivity index (χ2n) is 4.28. The summed E-state index contributed by atoms with van der Waals surface area (Å²) in [5.41, 5.74) is 0. The molecule has 0 unspecified atom stereocenters. The van der Waals surface area contributed by atoms with Crippen molar-refractivity contribution in [1.82, 2.24) is 4.72 Å². The second kappa shape index (κ2) is 6.21. The van der Waals surface area contributed by atoms with Crippen LogP contribution in [0.2, 0.25) is 0 Å². The molecule has 5 nitrogen and oxygen atoms in total. The topological polar surface area (TPSA) is 64.6 Å². The minimum Gasteiger partial charge on any atom is -0.496 e. The summed E-state index contributed by atoms with van der Waals surface area (Å²) in [7, 11) is -2.03. The molecule has 1 aliphatic rings. The van der Waals surface area contributed by atoms with Crippen LogP contribution in [0.3, 0.4) is 0 Å². The third kappa shape index (κ3) is 3.68. The number of hydrogen-bond acceptors (Lipinski definition) is 4. The maximum atomic E-state index is 12.1. The lowest BCUT2D eigenvalue weighted by Gasteiger charge is -2.12. The van der Waals surface area contributed by atoms with Crippen LogP contribution in [-0.4, -0.2) is 34.8 Å². The molecule has 0 bridgehead atoms. The zero-order valence-corrected chi connectivity index (χ0v) is 13.0. The molecule has 19 heavy (non-hydrogen) atoms. The van der Waals surface area contributed by atoms with E-state index in [0.29, 0.717) is 23.4 Å². The van der Waals surface area contributed by atoms with E-state index in [9.17, 15) is 8.42 Å². The predicted molar refractivity (Wildman–Crippen MR) is 74.9 cm³/mol. The van der Waals surface area contributed by atoms with Crippen molar-refractivity contribution >= 4 is 26.0 Å². The van der Waals surface area contributed by atoms with Gasteiger partial charge in [0.05, 0.1) is 22.6 Å². The molecular formula is C12H16BrNO4S. The molecule has 0 spiro atoms. The van der Waals surface area contributed by atoms with Gasteiger partial charge in [0.1, 0.15) is 5.75 Å². The molecule has 2 rings (SSSR count). The molecule has 106 valence electrons. The van der Waals surface area contributed by atoms with Crippen molar-refractivity contribution in [2.45, 2.75) is 23.8 Å². The molecule has 0 saturated carbocycles. The number of nitrogens with one attached hydrogen (secondary N) is 1. The molecule has 1 atom stereocenters. The molecule has 1 fully saturated rings. The van der Waals surface area contributed by atoms with Crippen LogP contribution in [0.15, 0.2) is 27.6 Å². The first-order chi connectivity index (χ1) is 9.03. The molecule has 0 amide bonds. The largest absolute Gasteiger partial charge is 0.496 e. The normalized spacial score (nSPS) is 19.6. The summed E-state index contributed by atoms with van der Waals surface area (Å²) in [5.74, 6) is 0.486. The number of hydrogen-bond donors (Lipinski definition) is 1. The van der Waals surface area contributed by atoms with Crippen LogP contribution in [0.4, 0.5) is 0 Å². The first-order valence-corrected chi connectivity index (χ1v) is 8.25. The van der Waals surface area contributed by atoms with Gasteiger partial charge >= 0.3 is 0 Å². The quantitative estimate of drug-likeness (QED) is 0.881. The molecule has 0 aliphatic carbocycles. The van der Waals surface area contributed by atoms with Crippen molar-refractivity contribution in [1.29, 1.82) is 0 Å². The minimum atomic E-state index is -3.53. The molecule has 1 N–H and O–H groups in total. The van der Waals surface area contributed by atoms with Crippen LogP contribution in [0, 0.1) is 0 Å². The summed E-state index contributed by atoms with van der Waals surface area (Å²) in [6, 6.07) is 4.67. The monoisotopic (exact) mass is 349 g/mol. The zero-order chi connectivity index (χ0) is 13.9. The lowest BCUT2D eigenvalue weighted by atomic mass is 10.2. The summed E-state index contributed by atoms with van der Waals surface area (Å²) in [4.78, 5) is 0.186. The first-order valence-electron chi connectivity index (χ1n) is 5.98. The lowest BCUT2D eigenvalue weighted by molar-refractivity contribution is 0.114. The van der Waals surface area contributed by atoms with Crippen molar-refractivity contribution in [2.24, 2.45) is 0 Å². The van der Waals surface area contributed by atoms with Crippen molar-refractivity contribution in [2.75, 3.05) is 20.3 Å². The Morgan fingerprint density at radius 2 is 2.32 bits per heavy atom. The zero-order valence-electron chi connectivity index (χ0n) is 10.6. The SMILES string of the molecule is COc1cc(S(=O)(=O)NC[C@H]2CCCO2)ccc1Br. The highest BCUT2D eigenvalue weighted by molar-refractivity contribution is 9.10. The lowest BCUT2D eigenvalue weighted by Crippen LogP contribution is -2.31. The van der Waals surface area contributed by atoms with E-state index in [1.54, 1.807) is 6.07 Å². The van der Waals surface area contributed by atoms with E-state index in [2.05, 4.69) is 20.7 Å². The molecule has 1 aromatic carbocycles. The molecule has 1 heterocycles. The average molecular weight is 350 g/mol. The Hall–Kier alpha value is -0.630. The van der Waals surface area contributed by atoms with Gasteiger partial charge in [-0.1, -0.05) is 0 Å². The number of halogens is 1. The van der Waals surface area contributed by atoms with Gasteiger partial charge in [-0.25, -0.2) is 13.1 Å². The van der Waals surface area contributed by atoms with Crippen LogP contribution in [-0.2, 0) is 14.8 Å². The van der Waals surface area contributed by atoms with Crippen molar-refractivity contribution in [3.8, 4) is 5.75 Å². The second-order valence-corrected chi connectivity index (χ2v) is 6.90. The van der Waals surface area contributed by atoms with Crippen LogP contribution >= 0.6 is 15.9 Å². The molecule has 1 aromatic rings. The predicted octanol–water partition coefficient (Wildman–Crippen LogP) is 1.91. The molecule has 1 aliphatic heterocycles. The Morgan fingerprint density at radius 3 is 2.95 bits per heavy atom. The number of ether oxygens (including phenoxy) is 2. The van der Waals surface area contributed by atoms with E-state index in [-0.39, 0.29) is 11.0 Å². The fourth-order valence-electron chi connectivity index (χ4n) is 1.90. The van der Waals surface area contributed by atoms with Gasteiger partial charge in [0.25, 0.3) is 0 Å². The van der Waals surface area contributed by atoms with Gasteiger partial charge in [0, 0.05) is 19.2 Å². The molecule has 0 aromatic heterocycles. The van der Waals surface area contributed by atoms with E-state index in [0.717, 1.165) is 12.8 Å². The highest BCUT2D eigenvalue weighted by Crippen LogP contribution is 2.27. The maximum absolute atomic E-state index is 12.1. The van der Waals surface area contributed by atoms with Crippen molar-refractivity contribution < 1.29 is 17.9 Å². The molecular weight excluding hydrogens is 334 g/mol. The molecule has 1 saturated heterocycles. The van der Waals surface area contributed by atoms with Gasteiger partial charge < -0.3 is 9.47 Å². The Bertz CT molecular complexity index is 541. The Kier molecular flexibility index (Phi) is 4.83. The number of sulfonamides is 1. The third-order valence-electron chi connectivity index (χ3n) is 2.96. The van der Waals surface area contributed by atoms with Crippen LogP contribution in [0.5, 0.6) is 5.75 Å². The first kappa shape index (κ1) is 14.8. The standard InChI is InChI=1S/C12H16BrNO4S/c1-17-12-7-10(4-5-11(12)13)19(15,16)14-8-9-3-2-6-18-9/h4-5,7,9,14H,2-3,6,8H2,1H3/t9-/m1/s1. The van der Waals surface area contributed by atoms with Gasteiger partial charge in [0.2, 0.25) is 10.0 Å². The minimum absolute atomic E-state index is 0.0212. The summed E-state index contributed by atoms with van der Waals surface area (Å²) >= 11 is 3.29. The van der Waals surface area contributed by atoms with Crippen molar-refractivity contribution in [3.05, 3.63) is 22.7 Å². The Labute approximate surface area is 121 Å². The smallest absolute Gasteiger partial charge is 0.240 e. The fraction of sp³-hybridized carbons (Fsp3) is 0.500. The number of benzene rings is 1. The van der Waals surface area contributed by atoms with Crippen molar-refractivity contribution in [3.63, 3.8) is 0 Å². The third-order valence-corrected chi connectivity index (χ3v) is 5.03.